The zero-order valence-electron chi connectivity index (χ0n) is 10.3. The first-order valence-electron chi connectivity index (χ1n) is 5.25. The first-order chi connectivity index (χ1) is 5.56. The molecule has 0 amide bonds. The lowest BCUT2D eigenvalue weighted by Crippen LogP contribution is -2.47. The quantitative estimate of drug-likeness (QED) is 0.443. The van der Waals surface area contributed by atoms with E-state index in [-0.39, 0.29) is 10.1 Å². The average molecular weight is 204 g/mol. The van der Waals surface area contributed by atoms with Crippen molar-refractivity contribution in [2.45, 2.75) is 71.0 Å². The van der Waals surface area contributed by atoms with E-state index in [1.54, 1.807) is 0 Å². The Hall–Kier alpha value is 0.147. The Kier molecular flexibility index (Phi) is 3.76. The summed E-state index contributed by atoms with van der Waals surface area (Å²) in [5.41, 5.74) is 0. The highest BCUT2D eigenvalue weighted by Crippen LogP contribution is 2.54. The molecule has 0 radical (unpaired) electrons. The Morgan fingerprint density at radius 3 is 1.31 bits per heavy atom. The molecule has 0 bridgehead atoms. The van der Waals surface area contributed by atoms with Crippen LogP contribution in [0.3, 0.4) is 0 Å². The molecular formula is C11H25FSi. The molecule has 0 unspecified atom stereocenters. The lowest BCUT2D eigenvalue weighted by atomic mass is 10.2. The standard InChI is InChI=1S/C11H25FSi/c1-8-9-13(12,10(2,3)4)11(5,6)7/h8-9H2,1-7H3. The minimum Gasteiger partial charge on any atom is -0.313 e. The summed E-state index contributed by atoms with van der Waals surface area (Å²) in [7, 11) is -2.65. The summed E-state index contributed by atoms with van der Waals surface area (Å²) in [5.74, 6) is 0. The molecule has 0 aromatic carbocycles. The second kappa shape index (κ2) is 3.72. The summed E-state index contributed by atoms with van der Waals surface area (Å²) in [5, 5.41) is -0.275. The smallest absolute Gasteiger partial charge is 0.257 e. The van der Waals surface area contributed by atoms with Gasteiger partial charge < -0.3 is 4.11 Å². The van der Waals surface area contributed by atoms with Crippen LogP contribution in [0.1, 0.15) is 54.9 Å². The summed E-state index contributed by atoms with van der Waals surface area (Å²) in [4.78, 5) is 0. The van der Waals surface area contributed by atoms with Crippen molar-refractivity contribution in [3.05, 3.63) is 0 Å². The summed E-state index contributed by atoms with van der Waals surface area (Å²) in [6.45, 7) is 14.4. The Bertz CT molecular complexity index is 148. The molecule has 0 saturated carbocycles. The lowest BCUT2D eigenvalue weighted by Gasteiger charge is -2.44. The molecule has 0 heterocycles. The molecule has 0 atom stereocenters. The van der Waals surface area contributed by atoms with E-state index < -0.39 is 8.41 Å². The molecule has 2 heteroatoms. The van der Waals surface area contributed by atoms with Crippen LogP contribution in [0.15, 0.2) is 0 Å². The van der Waals surface area contributed by atoms with Crippen molar-refractivity contribution < 1.29 is 4.11 Å². The van der Waals surface area contributed by atoms with E-state index in [0.29, 0.717) is 0 Å². The van der Waals surface area contributed by atoms with Gasteiger partial charge in [0.1, 0.15) is 0 Å². The maximum absolute atomic E-state index is 14.9. The first-order valence-corrected chi connectivity index (χ1v) is 7.33. The van der Waals surface area contributed by atoms with E-state index in [1.807, 2.05) is 0 Å². The van der Waals surface area contributed by atoms with E-state index in [9.17, 15) is 4.11 Å². The second-order valence-electron chi connectivity index (χ2n) is 6.05. The van der Waals surface area contributed by atoms with Gasteiger partial charge in [-0.15, -0.1) is 0 Å². The minimum absolute atomic E-state index is 0.138. The highest BCUT2D eigenvalue weighted by atomic mass is 28.4. The largest absolute Gasteiger partial charge is 0.313 e. The molecule has 13 heavy (non-hydrogen) atoms. The minimum atomic E-state index is -2.65. The van der Waals surface area contributed by atoms with Crippen molar-refractivity contribution in [2.24, 2.45) is 0 Å². The van der Waals surface area contributed by atoms with Crippen molar-refractivity contribution in [1.29, 1.82) is 0 Å². The van der Waals surface area contributed by atoms with Crippen LogP contribution < -0.4 is 0 Å². The van der Waals surface area contributed by atoms with Gasteiger partial charge in [0.2, 0.25) is 0 Å². The summed E-state index contributed by atoms with van der Waals surface area (Å²) >= 11 is 0. The van der Waals surface area contributed by atoms with E-state index >= 15 is 0 Å². The van der Waals surface area contributed by atoms with Crippen molar-refractivity contribution in [2.75, 3.05) is 0 Å². The van der Waals surface area contributed by atoms with Crippen LogP contribution in [0.5, 0.6) is 0 Å². The third-order valence-electron chi connectivity index (χ3n) is 2.97. The van der Waals surface area contributed by atoms with E-state index in [2.05, 4.69) is 48.5 Å². The molecule has 0 rings (SSSR count). The molecule has 0 aliphatic heterocycles. The van der Waals surface area contributed by atoms with E-state index in [1.165, 1.54) is 0 Å². The third kappa shape index (κ3) is 2.55. The summed E-state index contributed by atoms with van der Waals surface area (Å²) in [6, 6.07) is 0.792. The normalized spacial score (nSPS) is 14.8. The van der Waals surface area contributed by atoms with Crippen molar-refractivity contribution in [3.8, 4) is 0 Å². The van der Waals surface area contributed by atoms with Crippen molar-refractivity contribution >= 4 is 8.41 Å². The first kappa shape index (κ1) is 13.1. The van der Waals surface area contributed by atoms with Crippen LogP contribution >= 0.6 is 0 Å². The Labute approximate surface area is 84.1 Å². The Morgan fingerprint density at radius 2 is 1.23 bits per heavy atom. The zero-order valence-corrected chi connectivity index (χ0v) is 11.3. The Morgan fingerprint density at radius 1 is 0.923 bits per heavy atom. The molecule has 80 valence electrons. The molecule has 0 aromatic heterocycles. The van der Waals surface area contributed by atoms with Gasteiger partial charge in [-0.1, -0.05) is 54.9 Å². The lowest BCUT2D eigenvalue weighted by molar-refractivity contribution is 0.508. The van der Waals surface area contributed by atoms with Gasteiger partial charge in [0.25, 0.3) is 8.41 Å². The van der Waals surface area contributed by atoms with E-state index in [4.69, 9.17) is 0 Å². The highest BCUT2D eigenvalue weighted by molar-refractivity contribution is 6.78. The van der Waals surface area contributed by atoms with Gasteiger partial charge in [0, 0.05) is 0 Å². The Balaban J connectivity index is 4.96. The van der Waals surface area contributed by atoms with Gasteiger partial charge >= 0.3 is 0 Å². The van der Waals surface area contributed by atoms with Gasteiger partial charge in [0.15, 0.2) is 0 Å². The highest BCUT2D eigenvalue weighted by Gasteiger charge is 2.54. The molecular weight excluding hydrogens is 179 g/mol. The molecule has 0 N–H and O–H groups in total. The third-order valence-corrected chi connectivity index (χ3v) is 8.92. The van der Waals surface area contributed by atoms with Gasteiger partial charge in [-0.05, 0) is 16.1 Å². The predicted octanol–water partition coefficient (Wildman–Crippen LogP) is 4.91. The summed E-state index contributed by atoms with van der Waals surface area (Å²) < 4.78 is 14.9. The van der Waals surface area contributed by atoms with Crippen LogP contribution in [-0.2, 0) is 0 Å². The number of halogens is 1. The molecule has 0 saturated heterocycles. The number of hydrogen-bond donors (Lipinski definition) is 0. The second-order valence-corrected chi connectivity index (χ2v) is 11.2. The zero-order chi connectivity index (χ0) is 10.9. The van der Waals surface area contributed by atoms with Crippen molar-refractivity contribution in [3.63, 3.8) is 0 Å². The van der Waals surface area contributed by atoms with Gasteiger partial charge in [-0.2, -0.15) is 0 Å². The fourth-order valence-corrected chi connectivity index (χ4v) is 6.66. The average Bonchev–Trinajstić information content (AvgIpc) is 1.82. The van der Waals surface area contributed by atoms with Crippen molar-refractivity contribution in [1.82, 2.24) is 0 Å². The van der Waals surface area contributed by atoms with Crippen LogP contribution in [0.25, 0.3) is 0 Å². The van der Waals surface area contributed by atoms with Crippen LogP contribution in [0.4, 0.5) is 4.11 Å². The van der Waals surface area contributed by atoms with Crippen LogP contribution in [-0.4, -0.2) is 8.41 Å². The van der Waals surface area contributed by atoms with E-state index in [0.717, 1.165) is 12.5 Å². The molecule has 0 nitrogen and oxygen atoms in total. The SMILES string of the molecule is CCC[Si](F)(C(C)(C)C)C(C)(C)C. The maximum atomic E-state index is 14.9. The van der Waals surface area contributed by atoms with Crippen LogP contribution in [0, 0.1) is 0 Å². The molecule has 0 spiro atoms. The molecule has 0 aliphatic carbocycles. The number of hydrogen-bond acceptors (Lipinski definition) is 0. The van der Waals surface area contributed by atoms with Gasteiger partial charge in [0.05, 0.1) is 0 Å². The molecule has 0 fully saturated rings. The number of rotatable bonds is 2. The fraction of sp³-hybridized carbons (Fsp3) is 1.00. The summed E-state index contributed by atoms with van der Waals surface area (Å²) in [6.07, 6.45) is 0.970. The topological polar surface area (TPSA) is 0 Å². The molecule has 0 aromatic rings. The van der Waals surface area contributed by atoms with Gasteiger partial charge in [-0.25, -0.2) is 0 Å². The molecule has 0 aliphatic rings. The van der Waals surface area contributed by atoms with Crippen LogP contribution in [0.2, 0.25) is 16.1 Å². The monoisotopic (exact) mass is 204 g/mol. The predicted molar refractivity (Wildman–Crippen MR) is 61.4 cm³/mol. The van der Waals surface area contributed by atoms with Gasteiger partial charge in [-0.3, -0.25) is 0 Å². The maximum Gasteiger partial charge on any atom is 0.257 e. The fourth-order valence-electron chi connectivity index (χ4n) is 2.22.